The summed E-state index contributed by atoms with van der Waals surface area (Å²) in [5.74, 6) is -3.32. The maximum Gasteiger partial charge on any atom is 0.194 e. The number of hydrogen-bond donors (Lipinski definition) is 1. The molecule has 1 aliphatic rings. The van der Waals surface area contributed by atoms with Gasteiger partial charge in [0.2, 0.25) is 0 Å². The summed E-state index contributed by atoms with van der Waals surface area (Å²) in [6, 6.07) is 10.1. The van der Waals surface area contributed by atoms with E-state index in [0.29, 0.717) is 12.3 Å². The second kappa shape index (κ2) is 5.53. The van der Waals surface area contributed by atoms with Crippen LogP contribution in [0.25, 0.3) is 0 Å². The number of rotatable bonds is 4. The predicted octanol–water partition coefficient (Wildman–Crippen LogP) is 4.09. The molecule has 1 aliphatic carbocycles. The molecule has 0 bridgehead atoms. The maximum atomic E-state index is 13.9. The second-order valence-electron chi connectivity index (χ2n) is 5.44. The first-order valence-electron chi connectivity index (χ1n) is 7.00. The van der Waals surface area contributed by atoms with E-state index in [2.05, 4.69) is 17.4 Å². The third-order valence-corrected chi connectivity index (χ3v) is 4.27. The summed E-state index contributed by atoms with van der Waals surface area (Å²) < 4.78 is 40.3. The SMILES string of the molecule is CNC(CC1Cc2ccccc21)c1ccc(F)c(F)c1F. The van der Waals surface area contributed by atoms with Crippen LogP contribution in [0.3, 0.4) is 0 Å². The van der Waals surface area contributed by atoms with E-state index in [-0.39, 0.29) is 11.6 Å². The molecule has 0 saturated heterocycles. The zero-order valence-electron chi connectivity index (χ0n) is 11.7. The molecule has 0 fully saturated rings. The molecule has 0 radical (unpaired) electrons. The van der Waals surface area contributed by atoms with Gasteiger partial charge in [0.1, 0.15) is 0 Å². The van der Waals surface area contributed by atoms with Crippen LogP contribution in [-0.4, -0.2) is 7.05 Å². The summed E-state index contributed by atoms with van der Waals surface area (Å²) >= 11 is 0. The van der Waals surface area contributed by atoms with Gasteiger partial charge in [0, 0.05) is 11.6 Å². The molecule has 2 aromatic carbocycles. The lowest BCUT2D eigenvalue weighted by atomic mass is 9.74. The highest BCUT2D eigenvalue weighted by Crippen LogP contribution is 2.41. The zero-order chi connectivity index (χ0) is 15.0. The number of fused-ring (bicyclic) bond motifs is 1. The van der Waals surface area contributed by atoms with E-state index in [0.717, 1.165) is 12.5 Å². The van der Waals surface area contributed by atoms with Gasteiger partial charge in [-0.15, -0.1) is 0 Å². The Balaban J connectivity index is 1.83. The smallest absolute Gasteiger partial charge is 0.194 e. The van der Waals surface area contributed by atoms with Crippen LogP contribution in [0, 0.1) is 17.5 Å². The molecule has 2 atom stereocenters. The molecule has 0 aromatic heterocycles. The first kappa shape index (κ1) is 14.1. The second-order valence-corrected chi connectivity index (χ2v) is 5.44. The van der Waals surface area contributed by atoms with Gasteiger partial charge >= 0.3 is 0 Å². The van der Waals surface area contributed by atoms with Gasteiger partial charge in [0.05, 0.1) is 0 Å². The van der Waals surface area contributed by atoms with Crippen molar-refractivity contribution in [2.45, 2.75) is 24.8 Å². The number of nitrogens with one attached hydrogen (secondary N) is 1. The fraction of sp³-hybridized carbons (Fsp3) is 0.294. The largest absolute Gasteiger partial charge is 0.313 e. The highest BCUT2D eigenvalue weighted by Gasteiger charge is 2.29. The molecule has 0 amide bonds. The molecule has 1 N–H and O–H groups in total. The van der Waals surface area contributed by atoms with Gasteiger partial charge in [-0.1, -0.05) is 30.3 Å². The van der Waals surface area contributed by atoms with Crippen molar-refractivity contribution < 1.29 is 13.2 Å². The van der Waals surface area contributed by atoms with E-state index in [1.54, 1.807) is 7.05 Å². The van der Waals surface area contributed by atoms with Gasteiger partial charge in [-0.05, 0) is 43.0 Å². The molecule has 21 heavy (non-hydrogen) atoms. The van der Waals surface area contributed by atoms with Gasteiger partial charge in [-0.3, -0.25) is 0 Å². The Bertz CT molecular complexity index is 669. The highest BCUT2D eigenvalue weighted by molar-refractivity contribution is 5.40. The first-order chi connectivity index (χ1) is 10.1. The van der Waals surface area contributed by atoms with Crippen LogP contribution in [0.5, 0.6) is 0 Å². The molecule has 2 unspecified atom stereocenters. The van der Waals surface area contributed by atoms with Gasteiger partial charge < -0.3 is 5.32 Å². The molecule has 2 aromatic rings. The van der Waals surface area contributed by atoms with Crippen LogP contribution in [0.15, 0.2) is 36.4 Å². The Kier molecular flexibility index (Phi) is 3.72. The number of halogens is 3. The number of hydrogen-bond acceptors (Lipinski definition) is 1. The molecule has 0 aliphatic heterocycles. The lowest BCUT2D eigenvalue weighted by Crippen LogP contribution is -2.26. The molecule has 110 valence electrons. The van der Waals surface area contributed by atoms with E-state index < -0.39 is 17.5 Å². The minimum absolute atomic E-state index is 0.181. The van der Waals surface area contributed by atoms with Crippen LogP contribution in [0.1, 0.15) is 35.1 Å². The Hall–Kier alpha value is -1.81. The van der Waals surface area contributed by atoms with Gasteiger partial charge in [0.15, 0.2) is 17.5 Å². The third kappa shape index (κ3) is 2.44. The van der Waals surface area contributed by atoms with Crippen molar-refractivity contribution in [3.63, 3.8) is 0 Å². The lowest BCUT2D eigenvalue weighted by molar-refractivity contribution is 0.405. The average Bonchev–Trinajstić information content (AvgIpc) is 2.47. The fourth-order valence-electron chi connectivity index (χ4n) is 3.07. The Morgan fingerprint density at radius 1 is 1.10 bits per heavy atom. The molecular formula is C17H16F3N. The van der Waals surface area contributed by atoms with Gasteiger partial charge in [-0.2, -0.15) is 0 Å². The Labute approximate surface area is 121 Å². The summed E-state index contributed by atoms with van der Waals surface area (Å²) in [5.41, 5.74) is 2.75. The molecule has 1 nitrogen and oxygen atoms in total. The molecule has 0 saturated carbocycles. The van der Waals surface area contributed by atoms with Crippen molar-refractivity contribution in [3.05, 3.63) is 70.5 Å². The third-order valence-electron chi connectivity index (χ3n) is 4.27. The lowest BCUT2D eigenvalue weighted by Gasteiger charge is -2.33. The quantitative estimate of drug-likeness (QED) is 0.836. The van der Waals surface area contributed by atoms with Crippen molar-refractivity contribution in [2.24, 2.45) is 0 Å². The van der Waals surface area contributed by atoms with Crippen molar-refractivity contribution in [1.29, 1.82) is 0 Å². The highest BCUT2D eigenvalue weighted by atomic mass is 19.2. The van der Waals surface area contributed by atoms with Crippen molar-refractivity contribution in [2.75, 3.05) is 7.05 Å². The van der Waals surface area contributed by atoms with Crippen LogP contribution in [0.2, 0.25) is 0 Å². The summed E-state index contributed by atoms with van der Waals surface area (Å²) in [6.45, 7) is 0. The molecule has 0 heterocycles. The predicted molar refractivity (Wildman–Crippen MR) is 75.6 cm³/mol. The van der Waals surface area contributed by atoms with Crippen LogP contribution < -0.4 is 5.32 Å². The molecule has 3 rings (SSSR count). The summed E-state index contributed by atoms with van der Waals surface area (Å²) in [4.78, 5) is 0. The summed E-state index contributed by atoms with van der Waals surface area (Å²) in [5, 5.41) is 3.01. The first-order valence-corrected chi connectivity index (χ1v) is 7.00. The Morgan fingerprint density at radius 3 is 2.57 bits per heavy atom. The van der Waals surface area contributed by atoms with E-state index in [9.17, 15) is 13.2 Å². The summed E-state index contributed by atoms with van der Waals surface area (Å²) in [7, 11) is 1.70. The van der Waals surface area contributed by atoms with Crippen LogP contribution in [0.4, 0.5) is 13.2 Å². The Morgan fingerprint density at radius 2 is 1.86 bits per heavy atom. The molecular weight excluding hydrogens is 275 g/mol. The minimum atomic E-state index is -1.40. The van der Waals surface area contributed by atoms with Crippen molar-refractivity contribution in [1.82, 2.24) is 5.32 Å². The van der Waals surface area contributed by atoms with Gasteiger partial charge in [0.25, 0.3) is 0 Å². The zero-order valence-corrected chi connectivity index (χ0v) is 11.7. The van der Waals surface area contributed by atoms with E-state index in [1.165, 1.54) is 17.2 Å². The normalized spacial score (nSPS) is 18.0. The monoisotopic (exact) mass is 291 g/mol. The van der Waals surface area contributed by atoms with Gasteiger partial charge in [-0.25, -0.2) is 13.2 Å². The van der Waals surface area contributed by atoms with E-state index >= 15 is 0 Å². The maximum absolute atomic E-state index is 13.9. The van der Waals surface area contributed by atoms with E-state index in [4.69, 9.17) is 0 Å². The van der Waals surface area contributed by atoms with Crippen LogP contribution in [-0.2, 0) is 6.42 Å². The number of benzene rings is 2. The standard InChI is InChI=1S/C17H16F3N/c1-21-15(13-6-7-14(18)17(20)16(13)19)9-11-8-10-4-2-3-5-12(10)11/h2-7,11,15,21H,8-9H2,1H3. The van der Waals surface area contributed by atoms with Crippen molar-refractivity contribution >= 4 is 0 Å². The fourth-order valence-corrected chi connectivity index (χ4v) is 3.07. The molecule has 0 spiro atoms. The average molecular weight is 291 g/mol. The van der Waals surface area contributed by atoms with E-state index in [1.807, 2.05) is 12.1 Å². The topological polar surface area (TPSA) is 12.0 Å². The van der Waals surface area contributed by atoms with Crippen molar-refractivity contribution in [3.8, 4) is 0 Å². The minimum Gasteiger partial charge on any atom is -0.313 e. The van der Waals surface area contributed by atoms with Crippen LogP contribution >= 0.6 is 0 Å². The molecule has 4 heteroatoms. The summed E-state index contributed by atoms with van der Waals surface area (Å²) in [6.07, 6.45) is 1.61.